The van der Waals surface area contributed by atoms with Gasteiger partial charge in [0, 0.05) is 18.0 Å². The summed E-state index contributed by atoms with van der Waals surface area (Å²) >= 11 is 4.78. The van der Waals surface area contributed by atoms with E-state index in [1.807, 2.05) is 14.0 Å². The lowest BCUT2D eigenvalue weighted by atomic mass is 9.97. The molecule has 0 radical (unpaired) electrons. The SMILES string of the molecule is CNCc1cc(S(=O)(=O)NC2(C)CCCOC2)c(Br)s1. The van der Waals surface area contributed by atoms with Crippen LogP contribution in [0.4, 0.5) is 0 Å². The van der Waals surface area contributed by atoms with Crippen molar-refractivity contribution in [3.8, 4) is 0 Å². The molecule has 1 aromatic rings. The molecule has 5 nitrogen and oxygen atoms in total. The Morgan fingerprint density at radius 1 is 1.55 bits per heavy atom. The largest absolute Gasteiger partial charge is 0.380 e. The van der Waals surface area contributed by atoms with Crippen molar-refractivity contribution < 1.29 is 13.2 Å². The second kappa shape index (κ2) is 6.41. The van der Waals surface area contributed by atoms with Crippen molar-refractivity contribution in [3.63, 3.8) is 0 Å². The van der Waals surface area contributed by atoms with Crippen molar-refractivity contribution in [1.29, 1.82) is 0 Å². The lowest BCUT2D eigenvalue weighted by molar-refractivity contribution is 0.0386. The minimum Gasteiger partial charge on any atom is -0.380 e. The molecule has 1 saturated heterocycles. The number of hydrogen-bond acceptors (Lipinski definition) is 5. The van der Waals surface area contributed by atoms with Gasteiger partial charge in [0.1, 0.15) is 4.90 Å². The van der Waals surface area contributed by atoms with Crippen molar-refractivity contribution in [2.45, 2.75) is 36.7 Å². The molecule has 1 unspecified atom stereocenters. The normalized spacial score (nSPS) is 23.9. The topological polar surface area (TPSA) is 67.4 Å². The monoisotopic (exact) mass is 382 g/mol. The second-order valence-electron chi connectivity index (χ2n) is 5.20. The third-order valence-electron chi connectivity index (χ3n) is 3.17. The molecular weight excluding hydrogens is 364 g/mol. The van der Waals surface area contributed by atoms with E-state index in [4.69, 9.17) is 4.74 Å². The fraction of sp³-hybridized carbons (Fsp3) is 0.667. The van der Waals surface area contributed by atoms with Gasteiger partial charge in [-0.1, -0.05) is 0 Å². The summed E-state index contributed by atoms with van der Waals surface area (Å²) in [4.78, 5) is 1.28. The number of ether oxygens (including phenoxy) is 1. The number of hydrogen-bond donors (Lipinski definition) is 2. The average molecular weight is 383 g/mol. The van der Waals surface area contributed by atoms with Gasteiger partial charge in [0.05, 0.1) is 15.9 Å². The molecule has 2 rings (SSSR count). The first-order chi connectivity index (χ1) is 9.36. The van der Waals surface area contributed by atoms with E-state index in [2.05, 4.69) is 26.0 Å². The highest BCUT2D eigenvalue weighted by Crippen LogP contribution is 2.33. The molecule has 1 aliphatic heterocycles. The minimum absolute atomic E-state index is 0.305. The van der Waals surface area contributed by atoms with Gasteiger partial charge >= 0.3 is 0 Å². The molecule has 0 saturated carbocycles. The van der Waals surface area contributed by atoms with Crippen LogP contribution in [0.5, 0.6) is 0 Å². The Hall–Kier alpha value is 0.01000. The van der Waals surface area contributed by atoms with Crippen LogP contribution in [0.15, 0.2) is 14.7 Å². The molecule has 0 spiro atoms. The van der Waals surface area contributed by atoms with Crippen molar-refractivity contribution >= 4 is 37.3 Å². The van der Waals surface area contributed by atoms with Crippen LogP contribution < -0.4 is 10.0 Å². The first-order valence-electron chi connectivity index (χ1n) is 6.41. The summed E-state index contributed by atoms with van der Waals surface area (Å²) in [5.74, 6) is 0. The third-order valence-corrected chi connectivity index (χ3v) is 7.06. The van der Waals surface area contributed by atoms with Gasteiger partial charge in [-0.3, -0.25) is 0 Å². The number of nitrogens with one attached hydrogen (secondary N) is 2. The van der Waals surface area contributed by atoms with Crippen LogP contribution >= 0.6 is 27.3 Å². The maximum atomic E-state index is 12.5. The quantitative estimate of drug-likeness (QED) is 0.817. The summed E-state index contributed by atoms with van der Waals surface area (Å²) in [7, 11) is -1.71. The zero-order valence-corrected chi connectivity index (χ0v) is 14.8. The van der Waals surface area contributed by atoms with Crippen LogP contribution in [-0.2, 0) is 21.3 Å². The predicted molar refractivity (Wildman–Crippen MR) is 83.6 cm³/mol. The van der Waals surface area contributed by atoms with Crippen molar-refractivity contribution in [3.05, 3.63) is 14.7 Å². The molecule has 0 aromatic carbocycles. The standard InChI is InChI=1S/C12H19BrN2O3S2/c1-12(4-3-5-18-8-12)15-20(16,17)10-6-9(7-14-2)19-11(10)13/h6,14-15H,3-5,7-8H2,1-2H3. The zero-order chi connectivity index (χ0) is 14.8. The van der Waals surface area contributed by atoms with E-state index in [0.29, 0.717) is 28.4 Å². The predicted octanol–water partition coefficient (Wildman–Crippen LogP) is 2.08. The maximum Gasteiger partial charge on any atom is 0.243 e. The van der Waals surface area contributed by atoms with Gasteiger partial charge in [-0.2, -0.15) is 0 Å². The van der Waals surface area contributed by atoms with E-state index < -0.39 is 15.6 Å². The van der Waals surface area contributed by atoms with Crippen LogP contribution in [0, 0.1) is 0 Å². The van der Waals surface area contributed by atoms with Gasteiger partial charge < -0.3 is 10.1 Å². The molecule has 114 valence electrons. The number of rotatable bonds is 5. The number of halogens is 1. The summed E-state index contributed by atoms with van der Waals surface area (Å²) in [5.41, 5.74) is -0.526. The van der Waals surface area contributed by atoms with Gasteiger partial charge in [0.25, 0.3) is 0 Å². The zero-order valence-electron chi connectivity index (χ0n) is 11.5. The number of thiophene rings is 1. The molecule has 0 aliphatic carbocycles. The molecule has 0 bridgehead atoms. The van der Waals surface area contributed by atoms with Crippen LogP contribution in [0.1, 0.15) is 24.6 Å². The molecular formula is C12H19BrN2O3S2. The Morgan fingerprint density at radius 3 is 2.90 bits per heavy atom. The van der Waals surface area contributed by atoms with Gasteiger partial charge in [0.2, 0.25) is 10.0 Å². The number of sulfonamides is 1. The molecule has 2 N–H and O–H groups in total. The average Bonchev–Trinajstić information content (AvgIpc) is 2.71. The van der Waals surface area contributed by atoms with Gasteiger partial charge in [-0.25, -0.2) is 13.1 Å². The Kier molecular flexibility index (Phi) is 5.25. The summed E-state index contributed by atoms with van der Waals surface area (Å²) in [5, 5.41) is 3.02. The van der Waals surface area contributed by atoms with Crippen LogP contribution in [0.2, 0.25) is 0 Å². The highest BCUT2D eigenvalue weighted by Gasteiger charge is 2.34. The van der Waals surface area contributed by atoms with E-state index >= 15 is 0 Å². The highest BCUT2D eigenvalue weighted by molar-refractivity contribution is 9.11. The minimum atomic E-state index is -3.54. The Labute approximate surface area is 132 Å². The Morgan fingerprint density at radius 2 is 2.30 bits per heavy atom. The van der Waals surface area contributed by atoms with Crippen molar-refractivity contribution in [1.82, 2.24) is 10.0 Å². The van der Waals surface area contributed by atoms with Crippen LogP contribution in [-0.4, -0.2) is 34.2 Å². The molecule has 2 heterocycles. The summed E-state index contributed by atoms with van der Waals surface area (Å²) < 4.78 is 33.9. The Bertz CT molecular complexity index is 565. The van der Waals surface area contributed by atoms with Gasteiger partial charge in [-0.15, -0.1) is 11.3 Å². The lowest BCUT2D eigenvalue weighted by Gasteiger charge is -2.33. The molecule has 20 heavy (non-hydrogen) atoms. The van der Waals surface area contributed by atoms with E-state index in [1.165, 1.54) is 11.3 Å². The molecule has 1 atom stereocenters. The van der Waals surface area contributed by atoms with E-state index in [0.717, 1.165) is 17.7 Å². The van der Waals surface area contributed by atoms with Gasteiger partial charge in [-0.05, 0) is 48.8 Å². The van der Waals surface area contributed by atoms with Crippen molar-refractivity contribution in [2.75, 3.05) is 20.3 Å². The maximum absolute atomic E-state index is 12.5. The lowest BCUT2D eigenvalue weighted by Crippen LogP contribution is -2.51. The van der Waals surface area contributed by atoms with Crippen LogP contribution in [0.25, 0.3) is 0 Å². The summed E-state index contributed by atoms with van der Waals surface area (Å²) in [6, 6.07) is 1.71. The van der Waals surface area contributed by atoms with Crippen molar-refractivity contribution in [2.24, 2.45) is 0 Å². The highest BCUT2D eigenvalue weighted by atomic mass is 79.9. The molecule has 1 fully saturated rings. The van der Waals surface area contributed by atoms with E-state index in [1.54, 1.807) is 6.07 Å². The van der Waals surface area contributed by atoms with Crippen LogP contribution in [0.3, 0.4) is 0 Å². The summed E-state index contributed by atoms with van der Waals surface area (Å²) in [6.07, 6.45) is 1.66. The molecule has 8 heteroatoms. The van der Waals surface area contributed by atoms with E-state index in [-0.39, 0.29) is 0 Å². The third kappa shape index (κ3) is 3.80. The van der Waals surface area contributed by atoms with E-state index in [9.17, 15) is 8.42 Å². The molecule has 1 aliphatic rings. The first kappa shape index (κ1) is 16.4. The second-order valence-corrected chi connectivity index (χ2v) is 9.31. The fourth-order valence-electron chi connectivity index (χ4n) is 2.24. The smallest absolute Gasteiger partial charge is 0.243 e. The summed E-state index contributed by atoms with van der Waals surface area (Å²) in [6.45, 7) is 3.65. The Balaban J connectivity index is 2.21. The van der Waals surface area contributed by atoms with Gasteiger partial charge in [0.15, 0.2) is 0 Å². The molecule has 1 aromatic heterocycles. The molecule has 0 amide bonds. The first-order valence-corrected chi connectivity index (χ1v) is 9.50. The fourth-order valence-corrected chi connectivity index (χ4v) is 6.35.